The Balaban J connectivity index is 0.000000487. The number of ketones is 1. The lowest BCUT2D eigenvalue weighted by atomic mass is 9.84. The van der Waals surface area contributed by atoms with Crippen LogP contribution in [0, 0.1) is 5.92 Å². The number of nitrogens with one attached hydrogen (secondary N) is 2. The summed E-state index contributed by atoms with van der Waals surface area (Å²) in [5.74, 6) is -0.139. The van der Waals surface area contributed by atoms with Crippen LogP contribution in [-0.2, 0) is 19.4 Å². The van der Waals surface area contributed by atoms with Crippen molar-refractivity contribution in [2.75, 3.05) is 13.4 Å². The minimum absolute atomic E-state index is 0.0303. The lowest BCUT2D eigenvalue weighted by molar-refractivity contribution is -0.914. The Bertz CT molecular complexity index is 1180. The predicted octanol–water partition coefficient (Wildman–Crippen LogP) is 4.46. The van der Waals surface area contributed by atoms with Crippen LogP contribution in [0.5, 0.6) is 0 Å². The van der Waals surface area contributed by atoms with Gasteiger partial charge in [0.05, 0.1) is 17.9 Å². The Labute approximate surface area is 251 Å². The quantitative estimate of drug-likeness (QED) is 0.340. The number of carbonyl (C=O) groups is 3. The number of rotatable bonds is 12. The van der Waals surface area contributed by atoms with Crippen LogP contribution in [-0.4, -0.2) is 51.5 Å². The summed E-state index contributed by atoms with van der Waals surface area (Å²) in [5.41, 5.74) is 0.395. The molecule has 10 nitrogen and oxygen atoms in total. The molecule has 0 saturated heterocycles. The van der Waals surface area contributed by atoms with Crippen LogP contribution in [0.4, 0.5) is 0 Å². The maximum absolute atomic E-state index is 12.9. The van der Waals surface area contributed by atoms with Crippen LogP contribution < -0.4 is 20.2 Å². The molecule has 0 aliphatic heterocycles. The Kier molecular flexibility index (Phi) is 17.4. The third-order valence-corrected chi connectivity index (χ3v) is 7.77. The van der Waals surface area contributed by atoms with Crippen molar-refractivity contribution < 1.29 is 36.8 Å². The van der Waals surface area contributed by atoms with Gasteiger partial charge in [-0.05, 0) is 30.9 Å². The fourth-order valence-electron chi connectivity index (χ4n) is 4.59. The van der Waals surface area contributed by atoms with Crippen LogP contribution in [0.1, 0.15) is 102 Å². The second-order valence-corrected chi connectivity index (χ2v) is 12.4. The van der Waals surface area contributed by atoms with Gasteiger partial charge in [0, 0.05) is 29.5 Å². The molecule has 0 radical (unpaired) electrons. The van der Waals surface area contributed by atoms with E-state index in [2.05, 4.69) is 24.5 Å². The molecular formula is C31H50N3O7S+. The molecule has 2 atom stereocenters. The van der Waals surface area contributed by atoms with Crippen molar-refractivity contribution >= 4 is 27.4 Å². The largest absolute Gasteiger partial charge is 0.472 e. The number of sulfone groups is 1. The van der Waals surface area contributed by atoms with E-state index in [9.17, 15) is 22.8 Å². The Morgan fingerprint density at radius 2 is 1.69 bits per heavy atom. The third kappa shape index (κ3) is 13.2. The molecule has 236 valence electrons. The minimum atomic E-state index is -3.21. The van der Waals surface area contributed by atoms with Gasteiger partial charge in [-0.2, -0.15) is 0 Å². The Hall–Kier alpha value is -3.21. The summed E-state index contributed by atoms with van der Waals surface area (Å²) in [5, 5.41) is 5.88. The summed E-state index contributed by atoms with van der Waals surface area (Å²) in [6, 6.07) is 5.28. The number of nitrogens with zero attached hydrogens (tertiary/aromatic N) is 1. The van der Waals surface area contributed by atoms with Crippen molar-refractivity contribution in [3.05, 3.63) is 48.6 Å². The van der Waals surface area contributed by atoms with E-state index in [0.29, 0.717) is 30.7 Å². The highest BCUT2D eigenvalue weighted by Gasteiger charge is 2.29. The average Bonchev–Trinajstić information content (AvgIpc) is 3.52. The smallest absolute Gasteiger partial charge is 0.346 e. The first-order chi connectivity index (χ1) is 20.0. The fourth-order valence-corrected chi connectivity index (χ4v) is 5.38. The molecule has 0 spiro atoms. The summed E-state index contributed by atoms with van der Waals surface area (Å²) in [4.78, 5) is 42.3. The molecule has 1 aliphatic rings. The summed E-state index contributed by atoms with van der Waals surface area (Å²) in [6.07, 6.45) is 14.9. The SMILES string of the molecule is CCC.CCCC(NC(=O)[C@H](CC1CCCCC1)NC(=O)c1ccoc1)C(=O)CC.CO[n+]1ccccc1S(C)(=O)=O. The summed E-state index contributed by atoms with van der Waals surface area (Å²) in [6.45, 7) is 8.04. The standard InChI is InChI=1S/C21H32N2O4.C7H10NO3S.C3H8/c1-3-8-17(19(24)4-2)22-21(26)18(13-15-9-6-5-7-10-15)23-20(25)16-11-12-27-14-16;1-11-8-6-4-3-5-7(8)12(2,9)10;1-3-2/h11-12,14-15,17-18H,3-10,13H2,1-2H3,(H,22,26)(H,23,25);3-6H,1-2H3;3H2,1-2H3/q;+1;/t17?,18-;;/m0../s1. The number of aromatic nitrogens is 1. The first kappa shape index (κ1) is 36.8. The van der Waals surface area contributed by atoms with Crippen molar-refractivity contribution in [2.24, 2.45) is 5.92 Å². The second kappa shape index (κ2) is 19.8. The van der Waals surface area contributed by atoms with Gasteiger partial charge in [0.1, 0.15) is 19.4 Å². The zero-order valence-corrected chi connectivity index (χ0v) is 26.9. The number of amides is 2. The highest BCUT2D eigenvalue weighted by Crippen LogP contribution is 2.27. The van der Waals surface area contributed by atoms with E-state index >= 15 is 0 Å². The van der Waals surface area contributed by atoms with Gasteiger partial charge in [-0.3, -0.25) is 19.2 Å². The van der Waals surface area contributed by atoms with Gasteiger partial charge in [0.2, 0.25) is 21.9 Å². The van der Waals surface area contributed by atoms with Gasteiger partial charge in [0.15, 0.2) is 5.78 Å². The molecule has 1 saturated carbocycles. The van der Waals surface area contributed by atoms with E-state index in [-0.39, 0.29) is 22.6 Å². The predicted molar refractivity (Wildman–Crippen MR) is 162 cm³/mol. The van der Waals surface area contributed by atoms with E-state index in [1.165, 1.54) is 62.3 Å². The molecule has 11 heteroatoms. The van der Waals surface area contributed by atoms with Gasteiger partial charge in [-0.15, -0.1) is 0 Å². The van der Waals surface area contributed by atoms with Crippen LogP contribution in [0.15, 0.2) is 52.4 Å². The molecule has 42 heavy (non-hydrogen) atoms. The van der Waals surface area contributed by atoms with Gasteiger partial charge in [-0.1, -0.05) is 72.6 Å². The average molecular weight is 609 g/mol. The first-order valence-corrected chi connectivity index (χ1v) is 16.8. The fraction of sp³-hybridized carbons (Fsp3) is 0.613. The van der Waals surface area contributed by atoms with Crippen LogP contribution in [0.25, 0.3) is 0 Å². The third-order valence-electron chi connectivity index (χ3n) is 6.70. The van der Waals surface area contributed by atoms with E-state index in [1.807, 2.05) is 6.92 Å². The van der Waals surface area contributed by atoms with Crippen molar-refractivity contribution in [1.29, 1.82) is 0 Å². The zero-order chi connectivity index (χ0) is 31.5. The maximum atomic E-state index is 12.9. The molecule has 2 heterocycles. The van der Waals surface area contributed by atoms with Gasteiger partial charge < -0.3 is 15.1 Å². The van der Waals surface area contributed by atoms with E-state index in [4.69, 9.17) is 9.25 Å². The molecule has 2 N–H and O–H groups in total. The molecule has 0 aromatic carbocycles. The van der Waals surface area contributed by atoms with Gasteiger partial charge >= 0.3 is 5.03 Å². The maximum Gasteiger partial charge on any atom is 0.346 e. The minimum Gasteiger partial charge on any atom is -0.472 e. The van der Waals surface area contributed by atoms with Gasteiger partial charge in [0.25, 0.3) is 5.91 Å². The number of pyridine rings is 1. The van der Waals surface area contributed by atoms with E-state index in [0.717, 1.165) is 25.5 Å². The van der Waals surface area contributed by atoms with Crippen molar-refractivity contribution in [2.45, 2.75) is 109 Å². The molecule has 1 unspecified atom stereocenters. The lowest BCUT2D eigenvalue weighted by Gasteiger charge is -2.28. The highest BCUT2D eigenvalue weighted by molar-refractivity contribution is 7.90. The molecule has 1 fully saturated rings. The molecule has 2 amide bonds. The molecule has 0 bridgehead atoms. The van der Waals surface area contributed by atoms with Crippen molar-refractivity contribution in [1.82, 2.24) is 10.6 Å². The molecule has 3 rings (SSSR count). The van der Waals surface area contributed by atoms with Crippen molar-refractivity contribution in [3.63, 3.8) is 0 Å². The topological polar surface area (TPSA) is 136 Å². The monoisotopic (exact) mass is 608 g/mol. The van der Waals surface area contributed by atoms with E-state index in [1.54, 1.807) is 25.1 Å². The summed E-state index contributed by atoms with van der Waals surface area (Å²) < 4.78 is 28.4. The highest BCUT2D eigenvalue weighted by atomic mass is 32.2. The first-order valence-electron chi connectivity index (χ1n) is 14.9. The Morgan fingerprint density at radius 1 is 1.02 bits per heavy atom. The normalized spacial score (nSPS) is 14.6. The van der Waals surface area contributed by atoms with Crippen LogP contribution >= 0.6 is 0 Å². The lowest BCUT2D eigenvalue weighted by Crippen LogP contribution is -2.52. The second-order valence-electron chi connectivity index (χ2n) is 10.5. The van der Waals surface area contributed by atoms with Gasteiger partial charge in [-0.25, -0.2) is 8.42 Å². The molecule has 2 aromatic heterocycles. The molecule has 2 aromatic rings. The molecular weight excluding hydrogens is 558 g/mol. The van der Waals surface area contributed by atoms with Crippen LogP contribution in [0.2, 0.25) is 0 Å². The summed E-state index contributed by atoms with van der Waals surface area (Å²) >= 11 is 0. The number of Topliss-reactive ketones (excluding diaryl/α,β-unsaturated/α-hetero) is 1. The number of furan rings is 1. The van der Waals surface area contributed by atoms with Crippen molar-refractivity contribution in [3.8, 4) is 0 Å². The number of hydrogen-bond acceptors (Lipinski definition) is 7. The van der Waals surface area contributed by atoms with E-state index < -0.39 is 21.9 Å². The summed E-state index contributed by atoms with van der Waals surface area (Å²) in [7, 11) is -1.80. The number of hydrogen-bond donors (Lipinski definition) is 2. The Morgan fingerprint density at radius 3 is 2.19 bits per heavy atom. The van der Waals surface area contributed by atoms with Crippen LogP contribution in [0.3, 0.4) is 0 Å². The number of carbonyl (C=O) groups excluding carboxylic acids is 3. The zero-order valence-electron chi connectivity index (χ0n) is 26.1. The molecule has 1 aliphatic carbocycles.